The van der Waals surface area contributed by atoms with E-state index in [0.717, 1.165) is 47.7 Å². The van der Waals surface area contributed by atoms with Gasteiger partial charge in [-0.05, 0) is 35.5 Å². The summed E-state index contributed by atoms with van der Waals surface area (Å²) in [6.45, 7) is 2.58. The van der Waals surface area contributed by atoms with E-state index in [4.69, 9.17) is 15.7 Å². The summed E-state index contributed by atoms with van der Waals surface area (Å²) in [5.74, 6) is 1.22. The zero-order chi connectivity index (χ0) is 23.7. The number of H-pyrrole nitrogens is 1. The molecule has 3 aliphatic heterocycles. The van der Waals surface area contributed by atoms with Gasteiger partial charge in [-0.25, -0.2) is 14.4 Å². The Morgan fingerprint density at radius 2 is 2.14 bits per heavy atom. The number of allylic oxidation sites excluding steroid dienone is 1. The van der Waals surface area contributed by atoms with Crippen molar-refractivity contribution in [3.05, 3.63) is 65.0 Å². The molecule has 1 amide bonds. The van der Waals surface area contributed by atoms with E-state index < -0.39 is 0 Å². The molecule has 35 heavy (non-hydrogen) atoms. The highest BCUT2D eigenvalue weighted by Crippen LogP contribution is 2.63. The zero-order valence-corrected chi connectivity index (χ0v) is 19.0. The van der Waals surface area contributed by atoms with Crippen LogP contribution in [0.15, 0.2) is 47.9 Å². The summed E-state index contributed by atoms with van der Waals surface area (Å²) in [6, 6.07) is 7.03. The van der Waals surface area contributed by atoms with Gasteiger partial charge in [-0.3, -0.25) is 9.89 Å². The maximum Gasteiger partial charge on any atom is 0.267 e. The van der Waals surface area contributed by atoms with Crippen molar-refractivity contribution in [1.82, 2.24) is 30.8 Å². The summed E-state index contributed by atoms with van der Waals surface area (Å²) in [5.41, 5.74) is 11.4. The predicted molar refractivity (Wildman–Crippen MR) is 128 cm³/mol. The summed E-state index contributed by atoms with van der Waals surface area (Å²) in [4.78, 5) is 23.6. The maximum absolute atomic E-state index is 14.7. The van der Waals surface area contributed by atoms with Crippen LogP contribution in [0, 0.1) is 17.7 Å². The summed E-state index contributed by atoms with van der Waals surface area (Å²) in [5, 5.41) is 13.4. The van der Waals surface area contributed by atoms with Crippen LogP contribution in [0.2, 0.25) is 0 Å². The van der Waals surface area contributed by atoms with Crippen molar-refractivity contribution in [1.29, 1.82) is 0 Å². The fourth-order valence-electron chi connectivity index (χ4n) is 6.44. The first-order valence-electron chi connectivity index (χ1n) is 12.0. The molecular weight excluding hydrogens is 447 g/mol. The van der Waals surface area contributed by atoms with E-state index in [-0.39, 0.29) is 23.1 Å². The van der Waals surface area contributed by atoms with Gasteiger partial charge in [0.05, 0.1) is 6.20 Å². The number of hydrogen-bond acceptors (Lipinski definition) is 7. The van der Waals surface area contributed by atoms with Gasteiger partial charge in [0.25, 0.3) is 5.91 Å². The SMILES string of the molecule is NC[C@]1(c2ccccc2F)[C@@H]2CCN(c3cnc4c(C5=CNC6=C(CNC6=O)C5)n[nH]c4n3)C[C@@H]21. The molecule has 178 valence electrons. The van der Waals surface area contributed by atoms with Crippen LogP contribution in [0.25, 0.3) is 16.7 Å². The molecule has 5 heterocycles. The van der Waals surface area contributed by atoms with Crippen LogP contribution >= 0.6 is 0 Å². The molecule has 9 nitrogen and oxygen atoms in total. The molecule has 1 saturated carbocycles. The quantitative estimate of drug-likeness (QED) is 0.454. The summed E-state index contributed by atoms with van der Waals surface area (Å²) in [7, 11) is 0. The molecule has 3 aromatic rings. The number of piperidine rings is 1. The van der Waals surface area contributed by atoms with Gasteiger partial charge in [0, 0.05) is 49.8 Å². The molecule has 1 saturated heterocycles. The second-order valence-electron chi connectivity index (χ2n) is 9.82. The van der Waals surface area contributed by atoms with E-state index in [9.17, 15) is 9.18 Å². The predicted octanol–water partition coefficient (Wildman–Crippen LogP) is 1.56. The van der Waals surface area contributed by atoms with E-state index in [1.165, 1.54) is 6.07 Å². The summed E-state index contributed by atoms with van der Waals surface area (Å²) in [6.07, 6.45) is 5.19. The van der Waals surface area contributed by atoms with Crippen LogP contribution in [0.1, 0.15) is 24.1 Å². The van der Waals surface area contributed by atoms with Gasteiger partial charge >= 0.3 is 0 Å². The number of rotatable bonds is 4. The Kier molecular flexibility index (Phi) is 4.32. The first-order valence-corrected chi connectivity index (χ1v) is 12.0. The molecule has 2 aromatic heterocycles. The first-order chi connectivity index (χ1) is 17.1. The largest absolute Gasteiger partial charge is 0.357 e. The van der Waals surface area contributed by atoms with Gasteiger partial charge < -0.3 is 21.3 Å². The zero-order valence-electron chi connectivity index (χ0n) is 19.0. The number of dihydropyridines is 1. The van der Waals surface area contributed by atoms with Crippen LogP contribution in [0.3, 0.4) is 0 Å². The second kappa shape index (κ2) is 7.35. The normalized spacial score (nSPS) is 27.3. The molecule has 3 atom stereocenters. The third-order valence-corrected chi connectivity index (χ3v) is 8.26. The van der Waals surface area contributed by atoms with Crippen molar-refractivity contribution in [2.45, 2.75) is 18.3 Å². The van der Waals surface area contributed by atoms with Crippen molar-refractivity contribution in [3.63, 3.8) is 0 Å². The molecule has 1 aromatic carbocycles. The van der Waals surface area contributed by atoms with Crippen LogP contribution < -0.4 is 21.3 Å². The van der Waals surface area contributed by atoms with E-state index in [1.54, 1.807) is 12.3 Å². The molecule has 1 aliphatic carbocycles. The maximum atomic E-state index is 14.7. The number of aromatic nitrogens is 4. The minimum absolute atomic E-state index is 0.0697. The fraction of sp³-hybridized carbons (Fsp3) is 0.360. The highest BCUT2D eigenvalue weighted by atomic mass is 19.1. The Bertz CT molecular complexity index is 1440. The molecule has 0 unspecified atom stereocenters. The third kappa shape index (κ3) is 2.89. The lowest BCUT2D eigenvalue weighted by Crippen LogP contribution is -2.32. The van der Waals surface area contributed by atoms with Crippen LogP contribution in [0.4, 0.5) is 10.2 Å². The number of nitrogens with one attached hydrogen (secondary N) is 3. The number of halogens is 1. The Hall–Kier alpha value is -3.79. The molecule has 10 heteroatoms. The first kappa shape index (κ1) is 20.6. The average Bonchev–Trinajstić information content (AvgIpc) is 3.13. The fourth-order valence-corrected chi connectivity index (χ4v) is 6.44. The van der Waals surface area contributed by atoms with Gasteiger partial charge in [-0.1, -0.05) is 18.2 Å². The monoisotopic (exact) mass is 472 g/mol. The number of amides is 1. The van der Waals surface area contributed by atoms with E-state index in [0.29, 0.717) is 42.3 Å². The van der Waals surface area contributed by atoms with Crippen molar-refractivity contribution >= 4 is 28.5 Å². The van der Waals surface area contributed by atoms with Gasteiger partial charge in [-0.2, -0.15) is 5.10 Å². The minimum atomic E-state index is -0.302. The Labute approximate surface area is 200 Å². The van der Waals surface area contributed by atoms with Crippen molar-refractivity contribution < 1.29 is 9.18 Å². The second-order valence-corrected chi connectivity index (χ2v) is 9.82. The van der Waals surface area contributed by atoms with E-state index in [2.05, 4.69) is 25.7 Å². The van der Waals surface area contributed by atoms with Crippen LogP contribution in [-0.2, 0) is 10.2 Å². The number of nitrogens with two attached hydrogens (primary N) is 1. The number of carbonyl (C=O) groups is 1. The molecule has 4 aliphatic rings. The molecule has 7 rings (SSSR count). The van der Waals surface area contributed by atoms with E-state index in [1.807, 2.05) is 18.3 Å². The van der Waals surface area contributed by atoms with Crippen molar-refractivity contribution in [3.8, 4) is 0 Å². The molecule has 5 N–H and O–H groups in total. The Morgan fingerprint density at radius 3 is 3.00 bits per heavy atom. The molecule has 0 radical (unpaired) electrons. The summed E-state index contributed by atoms with van der Waals surface area (Å²) >= 11 is 0. The lowest BCUT2D eigenvalue weighted by atomic mass is 9.91. The molecule has 0 bridgehead atoms. The van der Waals surface area contributed by atoms with E-state index >= 15 is 0 Å². The van der Waals surface area contributed by atoms with Crippen LogP contribution in [0.5, 0.6) is 0 Å². The number of carbonyl (C=O) groups excluding carboxylic acids is 1. The highest BCUT2D eigenvalue weighted by Gasteiger charge is 2.66. The third-order valence-electron chi connectivity index (χ3n) is 8.26. The average molecular weight is 473 g/mol. The number of anilines is 1. The molecule has 0 spiro atoms. The lowest BCUT2D eigenvalue weighted by Gasteiger charge is -2.26. The smallest absolute Gasteiger partial charge is 0.267 e. The standard InChI is InChI=1S/C25H25FN8O/c26-18-4-2-1-3-16(18)25(12-27)15-5-6-34(11-17(15)25)19-10-29-22-20(32-33-23(22)31-19)13-7-14-9-30-24(35)21(14)28-8-13/h1-4,8,10,15,17,28H,5-7,9,11-12,27H2,(H,30,35)(H,31,32,33)/t15-,17+,25-/m1/s1. The Morgan fingerprint density at radius 1 is 1.26 bits per heavy atom. The number of hydrogen-bond donors (Lipinski definition) is 4. The Balaban J connectivity index is 1.14. The molecule has 2 fully saturated rings. The van der Waals surface area contributed by atoms with Crippen molar-refractivity contribution in [2.24, 2.45) is 17.6 Å². The van der Waals surface area contributed by atoms with Gasteiger partial charge in [0.1, 0.15) is 28.5 Å². The van der Waals surface area contributed by atoms with Gasteiger partial charge in [0.15, 0.2) is 5.65 Å². The number of nitrogens with zero attached hydrogens (tertiary/aromatic N) is 4. The number of fused-ring (bicyclic) bond motifs is 2. The van der Waals surface area contributed by atoms with Crippen LogP contribution in [-0.4, -0.2) is 52.3 Å². The number of aromatic amines is 1. The minimum Gasteiger partial charge on any atom is -0.357 e. The highest BCUT2D eigenvalue weighted by molar-refractivity contribution is 5.98. The number of benzene rings is 1. The van der Waals surface area contributed by atoms with Crippen molar-refractivity contribution in [2.75, 3.05) is 31.1 Å². The molecular formula is C25H25FN8O. The lowest BCUT2D eigenvalue weighted by molar-refractivity contribution is -0.116. The summed E-state index contributed by atoms with van der Waals surface area (Å²) < 4.78 is 14.7. The van der Waals surface area contributed by atoms with Gasteiger partial charge in [0.2, 0.25) is 0 Å². The topological polar surface area (TPSA) is 125 Å². The van der Waals surface area contributed by atoms with Gasteiger partial charge in [-0.15, -0.1) is 0 Å².